The molecule has 0 radical (unpaired) electrons. The lowest BCUT2D eigenvalue weighted by molar-refractivity contribution is -0.0629. The molecule has 3 unspecified atom stereocenters. The van der Waals surface area contributed by atoms with E-state index >= 15 is 0 Å². The van der Waals surface area contributed by atoms with Gasteiger partial charge in [-0.3, -0.25) is 0 Å². The highest BCUT2D eigenvalue weighted by atomic mass is 16.5. The fourth-order valence-corrected chi connectivity index (χ4v) is 3.07. The van der Waals surface area contributed by atoms with Gasteiger partial charge in [0.15, 0.2) is 0 Å². The number of hydrogen-bond donors (Lipinski definition) is 1. The van der Waals surface area contributed by atoms with Crippen LogP contribution in [0.1, 0.15) is 38.7 Å². The van der Waals surface area contributed by atoms with Crippen molar-refractivity contribution in [1.29, 1.82) is 0 Å². The number of methoxy groups -OCH3 is 2. The summed E-state index contributed by atoms with van der Waals surface area (Å²) in [5.41, 5.74) is 0.127. The Balaban J connectivity index is 2.43. The molecule has 2 rings (SSSR count). The molecule has 0 amide bonds. The van der Waals surface area contributed by atoms with E-state index in [0.29, 0.717) is 5.92 Å². The molecule has 3 heteroatoms. The molecular weight excluding hydrogens is 240 g/mol. The van der Waals surface area contributed by atoms with Crippen molar-refractivity contribution in [1.82, 2.24) is 0 Å². The zero-order valence-electron chi connectivity index (χ0n) is 12.3. The second-order valence-corrected chi connectivity index (χ2v) is 5.81. The van der Waals surface area contributed by atoms with Crippen molar-refractivity contribution in [3.8, 4) is 11.5 Å². The molecule has 19 heavy (non-hydrogen) atoms. The zero-order valence-corrected chi connectivity index (χ0v) is 12.3. The number of rotatable bonds is 3. The quantitative estimate of drug-likeness (QED) is 0.910. The van der Waals surface area contributed by atoms with Crippen LogP contribution in [0.15, 0.2) is 18.2 Å². The molecule has 3 nitrogen and oxygen atoms in total. The van der Waals surface area contributed by atoms with E-state index in [9.17, 15) is 5.11 Å². The van der Waals surface area contributed by atoms with Gasteiger partial charge in [-0.15, -0.1) is 0 Å². The van der Waals surface area contributed by atoms with E-state index in [0.717, 1.165) is 29.9 Å². The third-order valence-electron chi connectivity index (χ3n) is 4.42. The molecule has 1 aliphatic rings. The first-order valence-corrected chi connectivity index (χ1v) is 6.95. The Morgan fingerprint density at radius 2 is 1.63 bits per heavy atom. The number of benzene rings is 1. The van der Waals surface area contributed by atoms with E-state index in [1.165, 1.54) is 6.42 Å². The predicted molar refractivity (Wildman–Crippen MR) is 75.6 cm³/mol. The van der Waals surface area contributed by atoms with Crippen LogP contribution in [-0.2, 0) is 5.60 Å². The summed E-state index contributed by atoms with van der Waals surface area (Å²) in [4.78, 5) is 0. The molecule has 0 aliphatic heterocycles. The Bertz CT molecular complexity index is 421. The van der Waals surface area contributed by atoms with Crippen LogP contribution < -0.4 is 9.47 Å². The van der Waals surface area contributed by atoms with Gasteiger partial charge in [0.25, 0.3) is 0 Å². The summed E-state index contributed by atoms with van der Waals surface area (Å²) >= 11 is 0. The second kappa shape index (κ2) is 5.41. The predicted octanol–water partition coefficient (Wildman–Crippen LogP) is 3.35. The molecule has 1 aromatic rings. The topological polar surface area (TPSA) is 38.7 Å². The normalized spacial score (nSPS) is 31.0. The molecule has 1 aliphatic carbocycles. The van der Waals surface area contributed by atoms with Crippen molar-refractivity contribution < 1.29 is 14.6 Å². The van der Waals surface area contributed by atoms with Gasteiger partial charge in [-0.05, 0) is 42.4 Å². The number of ether oxygens (including phenoxy) is 2. The molecule has 1 N–H and O–H groups in total. The van der Waals surface area contributed by atoms with Crippen LogP contribution in [0.25, 0.3) is 0 Å². The Morgan fingerprint density at radius 3 is 2.16 bits per heavy atom. The summed E-state index contributed by atoms with van der Waals surface area (Å²) < 4.78 is 10.6. The number of aliphatic hydroxyl groups is 1. The molecule has 0 heterocycles. The van der Waals surface area contributed by atoms with Crippen LogP contribution in [0.3, 0.4) is 0 Å². The molecule has 3 atom stereocenters. The van der Waals surface area contributed by atoms with Gasteiger partial charge in [-0.25, -0.2) is 0 Å². The molecule has 1 aromatic carbocycles. The monoisotopic (exact) mass is 264 g/mol. The Morgan fingerprint density at radius 1 is 1.05 bits per heavy atom. The summed E-state index contributed by atoms with van der Waals surface area (Å²) in [6.45, 7) is 4.33. The van der Waals surface area contributed by atoms with Gasteiger partial charge >= 0.3 is 0 Å². The van der Waals surface area contributed by atoms with Crippen molar-refractivity contribution >= 4 is 0 Å². The van der Waals surface area contributed by atoms with Gasteiger partial charge in [0.1, 0.15) is 11.5 Å². The first-order chi connectivity index (χ1) is 8.99. The van der Waals surface area contributed by atoms with E-state index < -0.39 is 5.60 Å². The van der Waals surface area contributed by atoms with Crippen LogP contribution in [0.2, 0.25) is 0 Å². The minimum atomic E-state index is -0.778. The molecule has 0 bridgehead atoms. The molecule has 0 aromatic heterocycles. The standard InChI is InChI=1S/C16H24O3/c1-11-5-6-12(2)16(17,10-11)13-7-14(18-3)9-15(8-13)19-4/h7-9,11-12,17H,5-6,10H2,1-4H3. The lowest BCUT2D eigenvalue weighted by Gasteiger charge is -2.41. The summed E-state index contributed by atoms with van der Waals surface area (Å²) in [7, 11) is 3.27. The van der Waals surface area contributed by atoms with Crippen molar-refractivity contribution in [2.45, 2.75) is 38.7 Å². The average molecular weight is 264 g/mol. The van der Waals surface area contributed by atoms with Gasteiger partial charge in [-0.2, -0.15) is 0 Å². The van der Waals surface area contributed by atoms with E-state index in [2.05, 4.69) is 13.8 Å². The SMILES string of the molecule is COc1cc(OC)cc(C2(O)CC(C)CCC2C)c1. The van der Waals surface area contributed by atoms with E-state index in [-0.39, 0.29) is 5.92 Å². The molecule has 1 fully saturated rings. The highest BCUT2D eigenvalue weighted by Crippen LogP contribution is 2.45. The molecule has 106 valence electrons. The van der Waals surface area contributed by atoms with Crippen molar-refractivity contribution in [2.24, 2.45) is 11.8 Å². The molecule has 0 saturated heterocycles. The van der Waals surface area contributed by atoms with E-state index in [4.69, 9.17) is 9.47 Å². The lowest BCUT2D eigenvalue weighted by Crippen LogP contribution is -2.39. The fourth-order valence-electron chi connectivity index (χ4n) is 3.07. The lowest BCUT2D eigenvalue weighted by atomic mass is 9.69. The van der Waals surface area contributed by atoms with Gasteiger partial charge < -0.3 is 14.6 Å². The Hall–Kier alpha value is -1.22. The summed E-state index contributed by atoms with van der Waals surface area (Å²) in [6.07, 6.45) is 3.03. The van der Waals surface area contributed by atoms with Crippen LogP contribution in [-0.4, -0.2) is 19.3 Å². The minimum absolute atomic E-state index is 0.250. The maximum atomic E-state index is 11.1. The second-order valence-electron chi connectivity index (χ2n) is 5.81. The Labute approximate surface area is 115 Å². The fraction of sp³-hybridized carbons (Fsp3) is 0.625. The van der Waals surface area contributed by atoms with Gasteiger partial charge in [-0.1, -0.05) is 20.3 Å². The molecule has 0 spiro atoms. The van der Waals surface area contributed by atoms with Crippen LogP contribution in [0.5, 0.6) is 11.5 Å². The van der Waals surface area contributed by atoms with Gasteiger partial charge in [0.2, 0.25) is 0 Å². The molecular formula is C16H24O3. The van der Waals surface area contributed by atoms with Crippen LogP contribution in [0.4, 0.5) is 0 Å². The molecule has 1 saturated carbocycles. The minimum Gasteiger partial charge on any atom is -0.497 e. The zero-order chi connectivity index (χ0) is 14.0. The Kier molecular flexibility index (Phi) is 4.04. The third kappa shape index (κ3) is 2.71. The van der Waals surface area contributed by atoms with Crippen LogP contribution >= 0.6 is 0 Å². The summed E-state index contributed by atoms with van der Waals surface area (Å²) in [6, 6.07) is 5.69. The summed E-state index contributed by atoms with van der Waals surface area (Å²) in [5.74, 6) is 2.25. The maximum absolute atomic E-state index is 11.1. The van der Waals surface area contributed by atoms with E-state index in [1.54, 1.807) is 14.2 Å². The van der Waals surface area contributed by atoms with Crippen LogP contribution in [0, 0.1) is 11.8 Å². The number of hydrogen-bond acceptors (Lipinski definition) is 3. The highest BCUT2D eigenvalue weighted by Gasteiger charge is 2.40. The van der Waals surface area contributed by atoms with E-state index in [1.807, 2.05) is 18.2 Å². The largest absolute Gasteiger partial charge is 0.497 e. The van der Waals surface area contributed by atoms with Gasteiger partial charge in [0.05, 0.1) is 19.8 Å². The van der Waals surface area contributed by atoms with Crippen molar-refractivity contribution in [3.63, 3.8) is 0 Å². The smallest absolute Gasteiger partial charge is 0.122 e. The van der Waals surface area contributed by atoms with Crippen molar-refractivity contribution in [2.75, 3.05) is 14.2 Å². The third-order valence-corrected chi connectivity index (χ3v) is 4.42. The highest BCUT2D eigenvalue weighted by molar-refractivity contribution is 5.41. The average Bonchev–Trinajstić information content (AvgIpc) is 2.42. The first-order valence-electron chi connectivity index (χ1n) is 6.95. The summed E-state index contributed by atoms with van der Waals surface area (Å²) in [5, 5.41) is 11.1. The van der Waals surface area contributed by atoms with Crippen molar-refractivity contribution in [3.05, 3.63) is 23.8 Å². The van der Waals surface area contributed by atoms with Gasteiger partial charge in [0, 0.05) is 6.07 Å². The maximum Gasteiger partial charge on any atom is 0.122 e. The first kappa shape index (κ1) is 14.2.